The molecule has 0 saturated carbocycles. The van der Waals surface area contributed by atoms with Crippen LogP contribution in [0.15, 0.2) is 48.5 Å². The lowest BCUT2D eigenvalue weighted by atomic mass is 10.1. The summed E-state index contributed by atoms with van der Waals surface area (Å²) in [5.74, 6) is 0.285. The summed E-state index contributed by atoms with van der Waals surface area (Å²) in [6.45, 7) is 4.55. The number of hydrogen-bond donors (Lipinski definition) is 1. The minimum absolute atomic E-state index is 0.0542. The topological polar surface area (TPSA) is 67.9 Å². The summed E-state index contributed by atoms with van der Waals surface area (Å²) in [6, 6.07) is 13.9. The van der Waals surface area contributed by atoms with Gasteiger partial charge in [-0.25, -0.2) is 9.59 Å². The maximum absolute atomic E-state index is 12.8. The quantitative estimate of drug-likeness (QED) is 0.841. The SMILES string of the molecule is CCOC(=O)c1cccc(NC(=O)N2C[C@@H](CC)Oc3ccccc32)c1. The molecule has 2 aromatic rings. The lowest BCUT2D eigenvalue weighted by Gasteiger charge is -2.34. The summed E-state index contributed by atoms with van der Waals surface area (Å²) in [6.07, 6.45) is 0.748. The van der Waals surface area contributed by atoms with Gasteiger partial charge in [0.1, 0.15) is 11.9 Å². The van der Waals surface area contributed by atoms with Crippen molar-refractivity contribution >= 4 is 23.4 Å². The van der Waals surface area contributed by atoms with Crippen LogP contribution in [0.4, 0.5) is 16.2 Å². The number of carbonyl (C=O) groups excluding carboxylic acids is 2. The standard InChI is InChI=1S/C20H22N2O4/c1-3-16-13-22(17-10-5-6-11-18(17)26-16)20(24)21-15-9-7-8-14(12-15)19(23)25-4-2/h5-12,16H,3-4,13H2,1-2H3,(H,21,24)/t16-/m1/s1. The Labute approximate surface area is 152 Å². The second-order valence-electron chi connectivity index (χ2n) is 5.96. The maximum atomic E-state index is 12.8. The molecule has 26 heavy (non-hydrogen) atoms. The van der Waals surface area contributed by atoms with Crippen LogP contribution in [0.2, 0.25) is 0 Å². The third kappa shape index (κ3) is 3.79. The van der Waals surface area contributed by atoms with E-state index in [9.17, 15) is 9.59 Å². The monoisotopic (exact) mass is 354 g/mol. The highest BCUT2D eigenvalue weighted by atomic mass is 16.5. The lowest BCUT2D eigenvalue weighted by Crippen LogP contribution is -2.45. The van der Waals surface area contributed by atoms with Gasteiger partial charge in [0.15, 0.2) is 0 Å². The molecule has 3 rings (SSSR count). The fourth-order valence-electron chi connectivity index (χ4n) is 2.83. The number of esters is 1. The molecule has 0 fully saturated rings. The minimum atomic E-state index is -0.411. The smallest absolute Gasteiger partial charge is 0.338 e. The largest absolute Gasteiger partial charge is 0.486 e. The molecular weight excluding hydrogens is 332 g/mol. The van der Waals surface area contributed by atoms with E-state index in [1.54, 1.807) is 36.1 Å². The van der Waals surface area contributed by atoms with E-state index in [1.807, 2.05) is 31.2 Å². The number of amides is 2. The highest BCUT2D eigenvalue weighted by Crippen LogP contribution is 2.34. The van der Waals surface area contributed by atoms with Crippen molar-refractivity contribution < 1.29 is 19.1 Å². The number of anilines is 2. The van der Waals surface area contributed by atoms with Crippen LogP contribution in [0.25, 0.3) is 0 Å². The van der Waals surface area contributed by atoms with Gasteiger partial charge in [-0.2, -0.15) is 0 Å². The molecule has 1 N–H and O–H groups in total. The predicted molar refractivity (Wildman–Crippen MR) is 99.9 cm³/mol. The second-order valence-corrected chi connectivity index (χ2v) is 5.96. The number of hydrogen-bond acceptors (Lipinski definition) is 4. The second kappa shape index (κ2) is 7.91. The van der Waals surface area contributed by atoms with Crippen molar-refractivity contribution in [1.29, 1.82) is 0 Å². The average Bonchev–Trinajstić information content (AvgIpc) is 2.67. The molecule has 136 valence electrons. The summed E-state index contributed by atoms with van der Waals surface area (Å²) in [7, 11) is 0. The summed E-state index contributed by atoms with van der Waals surface area (Å²) >= 11 is 0. The molecule has 0 aliphatic carbocycles. The van der Waals surface area contributed by atoms with Crippen molar-refractivity contribution in [1.82, 2.24) is 0 Å². The Kier molecular flexibility index (Phi) is 5.41. The van der Waals surface area contributed by atoms with E-state index in [0.717, 1.165) is 12.1 Å². The zero-order chi connectivity index (χ0) is 18.5. The molecule has 0 spiro atoms. The van der Waals surface area contributed by atoms with Gasteiger partial charge in [0.05, 0.1) is 24.4 Å². The number of para-hydroxylation sites is 2. The molecule has 0 saturated heterocycles. The maximum Gasteiger partial charge on any atom is 0.338 e. The fourth-order valence-corrected chi connectivity index (χ4v) is 2.83. The van der Waals surface area contributed by atoms with E-state index in [0.29, 0.717) is 30.2 Å². The number of nitrogens with zero attached hydrogens (tertiary/aromatic N) is 1. The Morgan fingerprint density at radius 1 is 1.19 bits per heavy atom. The van der Waals surface area contributed by atoms with Crippen LogP contribution in [0, 0.1) is 0 Å². The number of nitrogens with one attached hydrogen (secondary N) is 1. The molecule has 6 heteroatoms. The molecule has 1 heterocycles. The van der Waals surface area contributed by atoms with Gasteiger partial charge in [0.25, 0.3) is 0 Å². The Bertz CT molecular complexity index is 806. The average molecular weight is 354 g/mol. The van der Waals surface area contributed by atoms with Gasteiger partial charge in [-0.05, 0) is 43.7 Å². The van der Waals surface area contributed by atoms with Crippen molar-refractivity contribution in [3.05, 3.63) is 54.1 Å². The van der Waals surface area contributed by atoms with Gasteiger partial charge in [-0.15, -0.1) is 0 Å². The molecular formula is C20H22N2O4. The Morgan fingerprint density at radius 2 is 2.00 bits per heavy atom. The molecule has 0 aromatic heterocycles. The van der Waals surface area contributed by atoms with Crippen LogP contribution in [-0.4, -0.2) is 31.3 Å². The van der Waals surface area contributed by atoms with E-state index in [-0.39, 0.29) is 12.1 Å². The van der Waals surface area contributed by atoms with E-state index in [2.05, 4.69) is 5.32 Å². The van der Waals surface area contributed by atoms with Crippen molar-refractivity contribution in [2.75, 3.05) is 23.4 Å². The first-order chi connectivity index (χ1) is 12.6. The molecule has 2 amide bonds. The van der Waals surface area contributed by atoms with Crippen molar-refractivity contribution in [2.45, 2.75) is 26.4 Å². The molecule has 2 aromatic carbocycles. The molecule has 0 bridgehead atoms. The summed E-state index contributed by atoms with van der Waals surface area (Å²) in [5.41, 5.74) is 1.67. The highest BCUT2D eigenvalue weighted by molar-refractivity contribution is 6.03. The van der Waals surface area contributed by atoms with E-state index >= 15 is 0 Å². The predicted octanol–water partition coefficient (Wildman–Crippen LogP) is 4.07. The summed E-state index contributed by atoms with van der Waals surface area (Å²) in [4.78, 5) is 26.4. The van der Waals surface area contributed by atoms with Crippen LogP contribution in [0.1, 0.15) is 30.6 Å². The molecule has 0 unspecified atom stereocenters. The van der Waals surface area contributed by atoms with Gasteiger partial charge >= 0.3 is 12.0 Å². The Hall–Kier alpha value is -3.02. The van der Waals surface area contributed by atoms with Crippen molar-refractivity contribution in [2.24, 2.45) is 0 Å². The van der Waals surface area contributed by atoms with Crippen molar-refractivity contribution in [3.8, 4) is 5.75 Å². The fraction of sp³-hybridized carbons (Fsp3) is 0.300. The van der Waals surface area contributed by atoms with Crippen molar-refractivity contribution in [3.63, 3.8) is 0 Å². The number of fused-ring (bicyclic) bond motifs is 1. The Morgan fingerprint density at radius 3 is 2.77 bits per heavy atom. The number of carbonyl (C=O) groups is 2. The van der Waals surface area contributed by atoms with Crippen LogP contribution in [0.3, 0.4) is 0 Å². The van der Waals surface area contributed by atoms with Crippen LogP contribution in [-0.2, 0) is 4.74 Å². The normalized spacial score (nSPS) is 15.6. The Balaban J connectivity index is 1.80. The third-order valence-electron chi connectivity index (χ3n) is 4.16. The molecule has 1 aliphatic rings. The highest BCUT2D eigenvalue weighted by Gasteiger charge is 2.28. The molecule has 1 atom stereocenters. The summed E-state index contributed by atoms with van der Waals surface area (Å²) < 4.78 is 10.9. The van der Waals surface area contributed by atoms with Crippen LogP contribution in [0.5, 0.6) is 5.75 Å². The zero-order valence-corrected chi connectivity index (χ0v) is 14.9. The number of urea groups is 1. The summed E-state index contributed by atoms with van der Waals surface area (Å²) in [5, 5.41) is 2.86. The van der Waals surface area contributed by atoms with Gasteiger partial charge in [0, 0.05) is 5.69 Å². The van der Waals surface area contributed by atoms with E-state index in [4.69, 9.17) is 9.47 Å². The van der Waals surface area contributed by atoms with Gasteiger partial charge < -0.3 is 14.8 Å². The third-order valence-corrected chi connectivity index (χ3v) is 4.16. The first-order valence-electron chi connectivity index (χ1n) is 8.73. The van der Waals surface area contributed by atoms with E-state index < -0.39 is 5.97 Å². The van der Waals surface area contributed by atoms with E-state index in [1.165, 1.54) is 0 Å². The van der Waals surface area contributed by atoms with Crippen LogP contribution < -0.4 is 15.0 Å². The number of benzene rings is 2. The molecule has 0 radical (unpaired) electrons. The number of rotatable bonds is 4. The zero-order valence-electron chi connectivity index (χ0n) is 14.9. The lowest BCUT2D eigenvalue weighted by molar-refractivity contribution is 0.0526. The number of ether oxygens (including phenoxy) is 2. The first-order valence-corrected chi connectivity index (χ1v) is 8.73. The van der Waals surface area contributed by atoms with Gasteiger partial charge in [-0.3, -0.25) is 4.90 Å². The first kappa shape index (κ1) is 17.8. The minimum Gasteiger partial charge on any atom is -0.486 e. The van der Waals surface area contributed by atoms with Crippen LogP contribution >= 0.6 is 0 Å². The molecule has 1 aliphatic heterocycles. The molecule has 6 nitrogen and oxygen atoms in total. The van der Waals surface area contributed by atoms with Gasteiger partial charge in [0.2, 0.25) is 0 Å². The van der Waals surface area contributed by atoms with Gasteiger partial charge in [-0.1, -0.05) is 25.1 Å².